The van der Waals surface area contributed by atoms with Gasteiger partial charge in [-0.3, -0.25) is 4.79 Å². The number of anilines is 1. The van der Waals surface area contributed by atoms with Gasteiger partial charge in [-0.1, -0.05) is 45.9 Å². The Balaban J connectivity index is 1.73. The maximum Gasteiger partial charge on any atom is 0.337 e. The summed E-state index contributed by atoms with van der Waals surface area (Å²) in [6.07, 6.45) is 5.72. The van der Waals surface area contributed by atoms with Gasteiger partial charge in [0.1, 0.15) is 0 Å². The zero-order chi connectivity index (χ0) is 21.2. The number of nitrogens with one attached hydrogen (secondary N) is 1. The minimum absolute atomic E-state index is 0.137. The van der Waals surface area contributed by atoms with E-state index in [1.54, 1.807) is 24.3 Å². The standard InChI is InChI=1S/C25H29NO3/c1-24(2)14-15-25(3,4)21-16-17(6-12-20(21)24)7-13-22(27)26-19-10-8-18(9-11-19)23(28)29-5/h6-13,16H,14-15H2,1-5H3,(H,26,27). The predicted octanol–water partition coefficient (Wildman–Crippen LogP) is 5.47. The summed E-state index contributed by atoms with van der Waals surface area (Å²) < 4.78 is 4.67. The maximum absolute atomic E-state index is 12.3. The number of ether oxygens (including phenoxy) is 1. The van der Waals surface area contributed by atoms with E-state index in [1.807, 2.05) is 6.08 Å². The molecule has 0 saturated heterocycles. The molecule has 1 N–H and O–H groups in total. The average molecular weight is 392 g/mol. The van der Waals surface area contributed by atoms with Crippen LogP contribution < -0.4 is 5.32 Å². The van der Waals surface area contributed by atoms with E-state index in [4.69, 9.17) is 0 Å². The van der Waals surface area contributed by atoms with Crippen molar-refractivity contribution in [2.24, 2.45) is 0 Å². The molecule has 0 saturated carbocycles. The minimum Gasteiger partial charge on any atom is -0.465 e. The average Bonchev–Trinajstić information content (AvgIpc) is 2.70. The van der Waals surface area contributed by atoms with Crippen LogP contribution in [0.3, 0.4) is 0 Å². The first kappa shape index (κ1) is 20.8. The summed E-state index contributed by atoms with van der Waals surface area (Å²) in [6, 6.07) is 13.1. The Kier molecular flexibility index (Phi) is 5.65. The van der Waals surface area contributed by atoms with Crippen LogP contribution in [-0.4, -0.2) is 19.0 Å². The third kappa shape index (κ3) is 4.58. The number of methoxy groups -OCH3 is 1. The lowest BCUT2D eigenvalue weighted by Gasteiger charge is -2.42. The molecule has 0 unspecified atom stereocenters. The molecular formula is C25H29NO3. The van der Waals surface area contributed by atoms with Crippen LogP contribution in [-0.2, 0) is 20.4 Å². The molecule has 0 atom stereocenters. The zero-order valence-corrected chi connectivity index (χ0v) is 17.8. The number of hydrogen-bond donors (Lipinski definition) is 1. The van der Waals surface area contributed by atoms with E-state index in [0.29, 0.717) is 11.3 Å². The second-order valence-corrected chi connectivity index (χ2v) is 8.96. The molecule has 152 valence electrons. The van der Waals surface area contributed by atoms with Crippen LogP contribution in [0.1, 0.15) is 67.6 Å². The van der Waals surface area contributed by atoms with Crippen LogP contribution in [0.4, 0.5) is 5.69 Å². The molecule has 0 bridgehead atoms. The van der Waals surface area contributed by atoms with Crippen molar-refractivity contribution < 1.29 is 14.3 Å². The van der Waals surface area contributed by atoms with Gasteiger partial charge < -0.3 is 10.1 Å². The van der Waals surface area contributed by atoms with Crippen LogP contribution in [0.15, 0.2) is 48.5 Å². The van der Waals surface area contributed by atoms with Crippen LogP contribution in [0.25, 0.3) is 6.08 Å². The molecule has 1 amide bonds. The fourth-order valence-corrected chi connectivity index (χ4v) is 3.87. The second-order valence-electron chi connectivity index (χ2n) is 8.96. The van der Waals surface area contributed by atoms with E-state index in [0.717, 1.165) is 12.0 Å². The quantitative estimate of drug-likeness (QED) is 0.555. The lowest BCUT2D eigenvalue weighted by molar-refractivity contribution is -0.111. The Morgan fingerprint density at radius 2 is 1.55 bits per heavy atom. The molecule has 0 aromatic heterocycles. The molecule has 0 heterocycles. The summed E-state index contributed by atoms with van der Waals surface area (Å²) in [5, 5.41) is 2.81. The molecule has 2 aromatic carbocycles. The summed E-state index contributed by atoms with van der Waals surface area (Å²) in [7, 11) is 1.34. The van der Waals surface area contributed by atoms with Gasteiger partial charge in [-0.25, -0.2) is 4.79 Å². The number of rotatable bonds is 4. The van der Waals surface area contributed by atoms with Crippen LogP contribution in [0.5, 0.6) is 0 Å². The van der Waals surface area contributed by atoms with Crippen molar-refractivity contribution in [2.45, 2.75) is 51.4 Å². The molecule has 3 rings (SSSR count). The number of esters is 1. The fraction of sp³-hybridized carbons (Fsp3) is 0.360. The Morgan fingerprint density at radius 3 is 2.17 bits per heavy atom. The zero-order valence-electron chi connectivity index (χ0n) is 17.8. The molecule has 0 radical (unpaired) electrons. The molecule has 0 spiro atoms. The van der Waals surface area contributed by atoms with Gasteiger partial charge in [0.2, 0.25) is 5.91 Å². The highest BCUT2D eigenvalue weighted by molar-refractivity contribution is 6.02. The monoisotopic (exact) mass is 391 g/mol. The van der Waals surface area contributed by atoms with Gasteiger partial charge in [0.15, 0.2) is 0 Å². The van der Waals surface area contributed by atoms with E-state index in [2.05, 4.69) is 55.9 Å². The fourth-order valence-electron chi connectivity index (χ4n) is 3.87. The summed E-state index contributed by atoms with van der Waals surface area (Å²) in [6.45, 7) is 9.18. The topological polar surface area (TPSA) is 55.4 Å². The van der Waals surface area contributed by atoms with Crippen molar-refractivity contribution in [1.82, 2.24) is 0 Å². The Morgan fingerprint density at radius 1 is 0.931 bits per heavy atom. The molecule has 0 fully saturated rings. The lowest BCUT2D eigenvalue weighted by Crippen LogP contribution is -2.33. The number of benzene rings is 2. The minimum atomic E-state index is -0.402. The SMILES string of the molecule is COC(=O)c1ccc(NC(=O)C=Cc2ccc3c(c2)C(C)(C)CCC3(C)C)cc1. The molecule has 4 nitrogen and oxygen atoms in total. The van der Waals surface area contributed by atoms with E-state index in [-0.39, 0.29) is 16.7 Å². The molecule has 4 heteroatoms. The van der Waals surface area contributed by atoms with Crippen LogP contribution in [0.2, 0.25) is 0 Å². The van der Waals surface area contributed by atoms with Gasteiger partial charge in [0.05, 0.1) is 12.7 Å². The highest BCUT2D eigenvalue weighted by Gasteiger charge is 2.36. The number of fused-ring (bicyclic) bond motifs is 1. The number of carbonyl (C=O) groups excluding carboxylic acids is 2. The Hall–Kier alpha value is -2.88. The predicted molar refractivity (Wildman–Crippen MR) is 117 cm³/mol. The van der Waals surface area contributed by atoms with Gasteiger partial charge >= 0.3 is 5.97 Å². The summed E-state index contributed by atoms with van der Waals surface area (Å²) in [5.74, 6) is -0.616. The van der Waals surface area contributed by atoms with Crippen LogP contribution in [0, 0.1) is 0 Å². The van der Waals surface area contributed by atoms with Gasteiger partial charge in [-0.05, 0) is 70.7 Å². The first-order valence-corrected chi connectivity index (χ1v) is 9.95. The number of carbonyl (C=O) groups is 2. The van der Waals surface area contributed by atoms with Gasteiger partial charge in [-0.15, -0.1) is 0 Å². The third-order valence-electron chi connectivity index (χ3n) is 5.88. The van der Waals surface area contributed by atoms with Gasteiger partial charge in [-0.2, -0.15) is 0 Å². The molecule has 29 heavy (non-hydrogen) atoms. The maximum atomic E-state index is 12.3. The van der Waals surface area contributed by atoms with Crippen molar-refractivity contribution in [3.8, 4) is 0 Å². The van der Waals surface area contributed by atoms with E-state index in [1.165, 1.54) is 30.7 Å². The third-order valence-corrected chi connectivity index (χ3v) is 5.88. The van der Waals surface area contributed by atoms with Crippen LogP contribution >= 0.6 is 0 Å². The van der Waals surface area contributed by atoms with Crippen molar-refractivity contribution in [3.63, 3.8) is 0 Å². The van der Waals surface area contributed by atoms with Crippen molar-refractivity contribution in [3.05, 3.63) is 70.8 Å². The Labute approximate surface area is 173 Å². The summed E-state index contributed by atoms with van der Waals surface area (Å²) >= 11 is 0. The lowest BCUT2D eigenvalue weighted by atomic mass is 9.63. The molecular weight excluding hydrogens is 362 g/mol. The first-order chi connectivity index (χ1) is 13.6. The molecule has 1 aliphatic rings. The van der Waals surface area contributed by atoms with Crippen molar-refractivity contribution in [1.29, 1.82) is 0 Å². The largest absolute Gasteiger partial charge is 0.465 e. The molecule has 1 aliphatic carbocycles. The number of amides is 1. The Bertz CT molecular complexity index is 953. The second kappa shape index (κ2) is 7.86. The highest BCUT2D eigenvalue weighted by atomic mass is 16.5. The summed E-state index contributed by atoms with van der Waals surface area (Å²) in [4.78, 5) is 23.8. The van der Waals surface area contributed by atoms with E-state index in [9.17, 15) is 9.59 Å². The normalized spacial score (nSPS) is 16.9. The van der Waals surface area contributed by atoms with Gasteiger partial charge in [0, 0.05) is 11.8 Å². The highest BCUT2D eigenvalue weighted by Crippen LogP contribution is 2.45. The van der Waals surface area contributed by atoms with E-state index >= 15 is 0 Å². The summed E-state index contributed by atoms with van der Waals surface area (Å²) in [5.41, 5.74) is 5.18. The number of hydrogen-bond acceptors (Lipinski definition) is 3. The van der Waals surface area contributed by atoms with Crippen molar-refractivity contribution in [2.75, 3.05) is 12.4 Å². The first-order valence-electron chi connectivity index (χ1n) is 9.95. The molecule has 0 aliphatic heterocycles. The van der Waals surface area contributed by atoms with E-state index < -0.39 is 5.97 Å². The smallest absolute Gasteiger partial charge is 0.337 e. The van der Waals surface area contributed by atoms with Gasteiger partial charge in [0.25, 0.3) is 0 Å². The molecule has 2 aromatic rings. The van der Waals surface area contributed by atoms with Crippen molar-refractivity contribution >= 4 is 23.6 Å².